The van der Waals surface area contributed by atoms with Crippen LogP contribution in [-0.4, -0.2) is 35.5 Å². The molecule has 6 heteroatoms. The quantitative estimate of drug-likeness (QED) is 0.688. The summed E-state index contributed by atoms with van der Waals surface area (Å²) in [6.45, 7) is 9.87. The monoisotopic (exact) mass is 272 g/mol. The summed E-state index contributed by atoms with van der Waals surface area (Å²) >= 11 is 0. The van der Waals surface area contributed by atoms with Crippen LogP contribution >= 0.6 is 0 Å². The number of carboxylic acids is 1. The fraction of sp³-hybridized carbons (Fsp3) is 0.769. The van der Waals surface area contributed by atoms with Crippen LogP contribution in [0.5, 0.6) is 0 Å². The minimum Gasteiger partial charge on any atom is -0.481 e. The van der Waals surface area contributed by atoms with E-state index in [1.54, 1.807) is 27.7 Å². The van der Waals surface area contributed by atoms with Crippen molar-refractivity contribution < 1.29 is 19.5 Å². The predicted octanol–water partition coefficient (Wildman–Crippen LogP) is 0.764. The van der Waals surface area contributed by atoms with E-state index < -0.39 is 28.7 Å². The number of amides is 2. The number of nitrogens with one attached hydrogen (secondary N) is 2. The molecule has 0 fully saturated rings. The number of carbonyl (C=O) groups excluding carboxylic acids is 2. The molecule has 0 aromatic rings. The van der Waals surface area contributed by atoms with Gasteiger partial charge in [-0.2, -0.15) is 0 Å². The lowest BCUT2D eigenvalue weighted by Gasteiger charge is -2.23. The number of carboxylic acid groups (broad SMARTS) is 1. The Bertz CT molecular complexity index is 369. The van der Waals surface area contributed by atoms with Crippen molar-refractivity contribution in [3.8, 4) is 0 Å². The van der Waals surface area contributed by atoms with E-state index in [2.05, 4.69) is 10.6 Å². The Balaban J connectivity index is 4.38. The summed E-state index contributed by atoms with van der Waals surface area (Å²) in [5.74, 6) is -1.61. The maximum Gasteiger partial charge on any atom is 0.310 e. The van der Waals surface area contributed by atoms with Gasteiger partial charge in [-0.05, 0) is 20.8 Å². The zero-order valence-corrected chi connectivity index (χ0v) is 12.5. The van der Waals surface area contributed by atoms with E-state index in [1.807, 2.05) is 0 Å². The van der Waals surface area contributed by atoms with Gasteiger partial charge in [-0.25, -0.2) is 0 Å². The van der Waals surface area contributed by atoms with Crippen molar-refractivity contribution in [1.29, 1.82) is 0 Å². The smallest absolute Gasteiger partial charge is 0.310 e. The molecule has 0 aliphatic rings. The second-order valence-corrected chi connectivity index (χ2v) is 6.35. The molecule has 0 aromatic carbocycles. The molecule has 0 radical (unpaired) electrons. The van der Waals surface area contributed by atoms with Crippen molar-refractivity contribution in [1.82, 2.24) is 10.6 Å². The predicted molar refractivity (Wildman–Crippen MR) is 71.5 cm³/mol. The summed E-state index contributed by atoms with van der Waals surface area (Å²) in [5.41, 5.74) is -1.61. The molecule has 110 valence electrons. The SMILES string of the molecule is CC(NC(=O)C(C)(C)C)C(=O)NCC(C)(C)C(=O)O. The average Bonchev–Trinajstić information content (AvgIpc) is 2.24. The summed E-state index contributed by atoms with van der Waals surface area (Å²) in [6, 6.07) is -0.698. The summed E-state index contributed by atoms with van der Waals surface area (Å²) in [6.07, 6.45) is 0. The molecule has 0 saturated carbocycles. The Labute approximate surface area is 113 Å². The van der Waals surface area contributed by atoms with Gasteiger partial charge >= 0.3 is 5.97 Å². The molecule has 1 unspecified atom stereocenters. The van der Waals surface area contributed by atoms with E-state index in [0.29, 0.717) is 0 Å². The van der Waals surface area contributed by atoms with Crippen molar-refractivity contribution in [2.75, 3.05) is 6.54 Å². The lowest BCUT2D eigenvalue weighted by atomic mass is 9.93. The van der Waals surface area contributed by atoms with Crippen molar-refractivity contribution in [3.05, 3.63) is 0 Å². The van der Waals surface area contributed by atoms with Crippen LogP contribution in [-0.2, 0) is 14.4 Å². The normalized spacial score (nSPS) is 13.6. The van der Waals surface area contributed by atoms with Crippen LogP contribution in [0.1, 0.15) is 41.5 Å². The molecule has 1 atom stereocenters. The Morgan fingerprint density at radius 3 is 1.95 bits per heavy atom. The molecule has 0 aliphatic carbocycles. The number of rotatable bonds is 5. The van der Waals surface area contributed by atoms with E-state index in [0.717, 1.165) is 0 Å². The van der Waals surface area contributed by atoms with Gasteiger partial charge in [0.1, 0.15) is 6.04 Å². The first kappa shape index (κ1) is 17.4. The molecular weight excluding hydrogens is 248 g/mol. The highest BCUT2D eigenvalue weighted by molar-refractivity contribution is 5.89. The first-order valence-electron chi connectivity index (χ1n) is 6.20. The molecule has 2 amide bonds. The Hall–Kier alpha value is -1.59. The highest BCUT2D eigenvalue weighted by atomic mass is 16.4. The minimum atomic E-state index is -1.04. The van der Waals surface area contributed by atoms with Gasteiger partial charge in [0.05, 0.1) is 5.41 Å². The standard InChI is InChI=1S/C13H24N2O4/c1-8(15-10(17)12(2,3)4)9(16)14-7-13(5,6)11(18)19/h8H,7H2,1-6H3,(H,14,16)(H,15,17)(H,18,19). The first-order valence-corrected chi connectivity index (χ1v) is 6.20. The topological polar surface area (TPSA) is 95.5 Å². The van der Waals surface area contributed by atoms with Crippen LogP contribution in [0.4, 0.5) is 0 Å². The van der Waals surface area contributed by atoms with Gasteiger partial charge in [0, 0.05) is 12.0 Å². The highest BCUT2D eigenvalue weighted by Crippen LogP contribution is 2.14. The van der Waals surface area contributed by atoms with Gasteiger partial charge in [0.2, 0.25) is 11.8 Å². The van der Waals surface area contributed by atoms with Gasteiger partial charge in [-0.3, -0.25) is 14.4 Å². The Morgan fingerprint density at radius 1 is 1.11 bits per heavy atom. The van der Waals surface area contributed by atoms with Crippen LogP contribution in [0.15, 0.2) is 0 Å². The molecule has 19 heavy (non-hydrogen) atoms. The minimum absolute atomic E-state index is 0.0108. The van der Waals surface area contributed by atoms with Gasteiger partial charge in [0.25, 0.3) is 0 Å². The third-order valence-electron chi connectivity index (χ3n) is 2.71. The average molecular weight is 272 g/mol. The molecule has 0 heterocycles. The third kappa shape index (κ3) is 5.72. The van der Waals surface area contributed by atoms with Crippen LogP contribution in [0, 0.1) is 10.8 Å². The molecule has 6 nitrogen and oxygen atoms in total. The van der Waals surface area contributed by atoms with Crippen molar-refractivity contribution in [2.45, 2.75) is 47.6 Å². The fourth-order valence-corrected chi connectivity index (χ4v) is 1.02. The molecule has 0 rings (SSSR count). The Kier molecular flexibility index (Phi) is 5.53. The summed E-state index contributed by atoms with van der Waals surface area (Å²) in [4.78, 5) is 34.4. The van der Waals surface area contributed by atoms with Crippen molar-refractivity contribution in [3.63, 3.8) is 0 Å². The van der Waals surface area contributed by atoms with Crippen LogP contribution < -0.4 is 10.6 Å². The third-order valence-corrected chi connectivity index (χ3v) is 2.71. The second kappa shape index (κ2) is 6.04. The number of hydrogen-bond donors (Lipinski definition) is 3. The molecule has 0 spiro atoms. The molecule has 3 N–H and O–H groups in total. The van der Waals surface area contributed by atoms with Crippen LogP contribution in [0.2, 0.25) is 0 Å². The largest absolute Gasteiger partial charge is 0.481 e. The van der Waals surface area contributed by atoms with E-state index in [1.165, 1.54) is 13.8 Å². The molecule has 0 saturated heterocycles. The lowest BCUT2D eigenvalue weighted by Crippen LogP contribution is -2.50. The molecule has 0 bridgehead atoms. The summed E-state index contributed by atoms with van der Waals surface area (Å²) in [5, 5.41) is 14.0. The fourth-order valence-electron chi connectivity index (χ4n) is 1.02. The lowest BCUT2D eigenvalue weighted by molar-refractivity contribution is -0.147. The van der Waals surface area contributed by atoms with E-state index in [-0.39, 0.29) is 12.5 Å². The van der Waals surface area contributed by atoms with E-state index in [9.17, 15) is 14.4 Å². The van der Waals surface area contributed by atoms with Gasteiger partial charge in [-0.1, -0.05) is 20.8 Å². The van der Waals surface area contributed by atoms with Gasteiger partial charge in [-0.15, -0.1) is 0 Å². The number of hydrogen-bond acceptors (Lipinski definition) is 3. The second-order valence-electron chi connectivity index (χ2n) is 6.35. The van der Waals surface area contributed by atoms with Crippen LogP contribution in [0.3, 0.4) is 0 Å². The van der Waals surface area contributed by atoms with Crippen molar-refractivity contribution in [2.24, 2.45) is 10.8 Å². The summed E-state index contributed by atoms with van der Waals surface area (Å²) < 4.78 is 0. The maximum absolute atomic E-state index is 11.8. The molecule has 0 aliphatic heterocycles. The Morgan fingerprint density at radius 2 is 1.58 bits per heavy atom. The first-order chi connectivity index (χ1) is 8.38. The zero-order valence-electron chi connectivity index (χ0n) is 12.5. The molecular formula is C13H24N2O4. The number of aliphatic carboxylic acids is 1. The van der Waals surface area contributed by atoms with Crippen LogP contribution in [0.25, 0.3) is 0 Å². The van der Waals surface area contributed by atoms with E-state index in [4.69, 9.17) is 5.11 Å². The summed E-state index contributed by atoms with van der Waals surface area (Å²) in [7, 11) is 0. The van der Waals surface area contributed by atoms with Crippen molar-refractivity contribution >= 4 is 17.8 Å². The van der Waals surface area contributed by atoms with Gasteiger partial charge in [0.15, 0.2) is 0 Å². The molecule has 0 aromatic heterocycles. The zero-order chi connectivity index (χ0) is 15.4. The maximum atomic E-state index is 11.8. The number of carbonyl (C=O) groups is 3. The van der Waals surface area contributed by atoms with Gasteiger partial charge < -0.3 is 15.7 Å². The van der Waals surface area contributed by atoms with E-state index >= 15 is 0 Å². The highest BCUT2D eigenvalue weighted by Gasteiger charge is 2.29.